The number of methoxy groups -OCH3 is 1. The predicted molar refractivity (Wildman–Crippen MR) is 108 cm³/mol. The smallest absolute Gasteiger partial charge is 0.259 e. The molecule has 0 amide bonds. The Morgan fingerprint density at radius 1 is 0.923 bits per heavy atom. The number of fused-ring (bicyclic) bond motifs is 5. The number of ether oxygens (including phenoxy) is 1. The van der Waals surface area contributed by atoms with Gasteiger partial charge in [0.25, 0.3) is 5.56 Å². The van der Waals surface area contributed by atoms with E-state index in [2.05, 4.69) is 29.2 Å². The molecule has 0 bridgehead atoms. The van der Waals surface area contributed by atoms with E-state index in [4.69, 9.17) is 4.74 Å². The quantitative estimate of drug-likeness (QED) is 0.526. The number of pyridine rings is 1. The lowest BCUT2D eigenvalue weighted by atomic mass is 10.00. The molecule has 0 atom stereocenters. The summed E-state index contributed by atoms with van der Waals surface area (Å²) < 4.78 is 7.50. The third-order valence-corrected chi connectivity index (χ3v) is 4.93. The lowest BCUT2D eigenvalue weighted by Crippen LogP contribution is -2.27. The molecule has 132 valence electrons. The van der Waals surface area contributed by atoms with Crippen molar-refractivity contribution in [3.8, 4) is 5.75 Å². The summed E-state index contributed by atoms with van der Waals surface area (Å²) in [6.45, 7) is 1.44. The average molecular weight is 346 g/mol. The van der Waals surface area contributed by atoms with Crippen LogP contribution in [0.2, 0.25) is 0 Å². The molecular weight excluding hydrogens is 324 g/mol. The first kappa shape index (κ1) is 16.6. The Morgan fingerprint density at radius 3 is 2.46 bits per heavy atom. The molecule has 0 N–H and O–H groups in total. The van der Waals surface area contributed by atoms with Gasteiger partial charge in [-0.3, -0.25) is 4.79 Å². The molecule has 0 aliphatic rings. The van der Waals surface area contributed by atoms with Gasteiger partial charge in [0.15, 0.2) is 0 Å². The van der Waals surface area contributed by atoms with Gasteiger partial charge in [-0.2, -0.15) is 0 Å². The highest BCUT2D eigenvalue weighted by Gasteiger charge is 2.16. The second kappa shape index (κ2) is 6.46. The molecule has 0 spiro atoms. The van der Waals surface area contributed by atoms with Crippen LogP contribution in [0.15, 0.2) is 59.4 Å². The average Bonchev–Trinajstić information content (AvgIpc) is 2.66. The highest BCUT2D eigenvalue weighted by molar-refractivity contribution is 6.17. The molecule has 4 heteroatoms. The summed E-state index contributed by atoms with van der Waals surface area (Å²) in [7, 11) is 5.70. The van der Waals surface area contributed by atoms with Gasteiger partial charge in [-0.05, 0) is 31.6 Å². The molecule has 1 heterocycles. The van der Waals surface area contributed by atoms with E-state index in [-0.39, 0.29) is 5.56 Å². The molecule has 0 saturated carbocycles. The molecule has 4 rings (SSSR count). The molecule has 1 aromatic heterocycles. The number of hydrogen-bond donors (Lipinski definition) is 0. The minimum atomic E-state index is 0.0320. The summed E-state index contributed by atoms with van der Waals surface area (Å²) in [6, 6.07) is 18.1. The van der Waals surface area contributed by atoms with E-state index >= 15 is 0 Å². The van der Waals surface area contributed by atoms with Gasteiger partial charge < -0.3 is 14.2 Å². The van der Waals surface area contributed by atoms with Crippen molar-refractivity contribution in [3.63, 3.8) is 0 Å². The van der Waals surface area contributed by atoms with Gasteiger partial charge in [0.05, 0.1) is 18.0 Å². The Labute approximate surface area is 152 Å². The van der Waals surface area contributed by atoms with Gasteiger partial charge in [-0.25, -0.2) is 0 Å². The van der Waals surface area contributed by atoms with Gasteiger partial charge in [0.2, 0.25) is 0 Å². The fourth-order valence-electron chi connectivity index (χ4n) is 3.67. The van der Waals surface area contributed by atoms with Gasteiger partial charge in [0, 0.05) is 29.2 Å². The van der Waals surface area contributed by atoms with E-state index in [0.717, 1.165) is 39.4 Å². The van der Waals surface area contributed by atoms with Crippen molar-refractivity contribution in [3.05, 3.63) is 65.0 Å². The van der Waals surface area contributed by atoms with Crippen LogP contribution in [0.5, 0.6) is 5.75 Å². The second-order valence-corrected chi connectivity index (χ2v) is 6.83. The number of likely N-dealkylation sites (N-methyl/N-ethyl adjacent to an activating group) is 1. The Kier molecular flexibility index (Phi) is 4.13. The summed E-state index contributed by atoms with van der Waals surface area (Å²) in [4.78, 5) is 15.5. The normalized spacial score (nSPS) is 11.7. The summed E-state index contributed by atoms with van der Waals surface area (Å²) in [5, 5.41) is 4.86. The van der Waals surface area contributed by atoms with Crippen molar-refractivity contribution < 1.29 is 4.74 Å². The third-order valence-electron chi connectivity index (χ3n) is 4.93. The van der Waals surface area contributed by atoms with Gasteiger partial charge in [0.1, 0.15) is 5.75 Å². The molecule has 0 radical (unpaired) electrons. The van der Waals surface area contributed by atoms with Crippen LogP contribution in [-0.4, -0.2) is 37.2 Å². The van der Waals surface area contributed by atoms with Crippen molar-refractivity contribution >= 4 is 32.4 Å². The minimum Gasteiger partial charge on any atom is -0.496 e. The van der Waals surface area contributed by atoms with E-state index in [0.29, 0.717) is 11.9 Å². The van der Waals surface area contributed by atoms with Crippen LogP contribution in [0, 0.1) is 0 Å². The van der Waals surface area contributed by atoms with Gasteiger partial charge in [-0.15, -0.1) is 0 Å². The fourth-order valence-corrected chi connectivity index (χ4v) is 3.67. The topological polar surface area (TPSA) is 34.5 Å². The van der Waals surface area contributed by atoms with Crippen molar-refractivity contribution in [2.45, 2.75) is 6.54 Å². The zero-order chi connectivity index (χ0) is 18.3. The predicted octanol–water partition coefficient (Wildman–Crippen LogP) is 3.88. The van der Waals surface area contributed by atoms with Crippen LogP contribution >= 0.6 is 0 Å². The molecule has 0 aliphatic heterocycles. The molecule has 0 aliphatic carbocycles. The van der Waals surface area contributed by atoms with Gasteiger partial charge >= 0.3 is 0 Å². The van der Waals surface area contributed by atoms with E-state index in [9.17, 15) is 4.79 Å². The van der Waals surface area contributed by atoms with Crippen molar-refractivity contribution in [2.24, 2.45) is 0 Å². The highest BCUT2D eigenvalue weighted by atomic mass is 16.5. The largest absolute Gasteiger partial charge is 0.496 e. The molecule has 3 aromatic carbocycles. The van der Waals surface area contributed by atoms with Crippen LogP contribution in [0.3, 0.4) is 0 Å². The first-order valence-corrected chi connectivity index (χ1v) is 8.77. The van der Waals surface area contributed by atoms with Crippen LogP contribution in [0.25, 0.3) is 32.4 Å². The molecule has 4 aromatic rings. The fraction of sp³-hybridized carbons (Fsp3) is 0.227. The Bertz CT molecular complexity index is 1180. The Balaban J connectivity index is 2.23. The summed E-state index contributed by atoms with van der Waals surface area (Å²) in [6.07, 6.45) is 0. The number of aromatic nitrogens is 1. The monoisotopic (exact) mass is 346 g/mol. The number of rotatable bonds is 4. The van der Waals surface area contributed by atoms with E-state index in [1.165, 1.54) is 0 Å². The van der Waals surface area contributed by atoms with E-state index in [1.54, 1.807) is 7.11 Å². The lowest BCUT2D eigenvalue weighted by Gasteiger charge is -2.18. The zero-order valence-electron chi connectivity index (χ0n) is 15.3. The van der Waals surface area contributed by atoms with Crippen molar-refractivity contribution in [1.29, 1.82) is 0 Å². The number of nitrogens with zero attached hydrogens (tertiary/aromatic N) is 2. The summed E-state index contributed by atoms with van der Waals surface area (Å²) in [5.41, 5.74) is 1.01. The molecule has 0 fully saturated rings. The maximum atomic E-state index is 13.4. The second-order valence-electron chi connectivity index (χ2n) is 6.83. The van der Waals surface area contributed by atoms with Crippen LogP contribution in [-0.2, 0) is 6.54 Å². The van der Waals surface area contributed by atoms with Crippen LogP contribution in [0.1, 0.15) is 0 Å². The lowest BCUT2D eigenvalue weighted by molar-refractivity contribution is 0.385. The third kappa shape index (κ3) is 2.54. The minimum absolute atomic E-state index is 0.0320. The summed E-state index contributed by atoms with van der Waals surface area (Å²) in [5.74, 6) is 0.736. The van der Waals surface area contributed by atoms with E-state index in [1.807, 2.05) is 49.0 Å². The first-order chi connectivity index (χ1) is 12.6. The Morgan fingerprint density at radius 2 is 1.69 bits per heavy atom. The molecule has 4 nitrogen and oxygen atoms in total. The van der Waals surface area contributed by atoms with Crippen LogP contribution in [0.4, 0.5) is 0 Å². The van der Waals surface area contributed by atoms with Crippen molar-refractivity contribution in [1.82, 2.24) is 9.47 Å². The molecule has 26 heavy (non-hydrogen) atoms. The zero-order valence-corrected chi connectivity index (χ0v) is 15.3. The van der Waals surface area contributed by atoms with Crippen LogP contribution < -0.4 is 10.3 Å². The first-order valence-electron chi connectivity index (χ1n) is 8.77. The van der Waals surface area contributed by atoms with Gasteiger partial charge in [-0.1, -0.05) is 42.5 Å². The molecule has 0 unspecified atom stereocenters. The maximum Gasteiger partial charge on any atom is 0.259 e. The van der Waals surface area contributed by atoms with Crippen molar-refractivity contribution in [2.75, 3.05) is 27.7 Å². The standard InChI is InChI=1S/C22H22N2O2/c1-23(2)13-14-24-21-16-8-5-4-7-15(16)11-12-17(21)20-18(22(24)25)9-6-10-19(20)26-3/h4-12H,13-14H2,1-3H3. The highest BCUT2D eigenvalue weighted by Crippen LogP contribution is 2.34. The molecule has 0 saturated heterocycles. The maximum absolute atomic E-state index is 13.4. The Hall–Kier alpha value is -2.85. The SMILES string of the molecule is COc1cccc2c(=O)n(CCN(C)C)c3c4ccccc4ccc3c12. The number of benzene rings is 3. The summed E-state index contributed by atoms with van der Waals surface area (Å²) >= 11 is 0. The molecular formula is C22H22N2O2. The van der Waals surface area contributed by atoms with E-state index < -0.39 is 0 Å². The number of hydrogen-bond acceptors (Lipinski definition) is 3.